The minimum atomic E-state index is -0.510. The summed E-state index contributed by atoms with van der Waals surface area (Å²) in [6, 6.07) is 8.04. The molecule has 3 aromatic rings. The number of aromatic nitrogens is 1. The minimum Gasteiger partial charge on any atom is -0.508 e. The molecule has 1 heterocycles. The van der Waals surface area contributed by atoms with E-state index in [-0.39, 0.29) is 40.5 Å². The van der Waals surface area contributed by atoms with Crippen molar-refractivity contribution in [1.29, 1.82) is 5.26 Å². The summed E-state index contributed by atoms with van der Waals surface area (Å²) in [5.41, 5.74) is 7.69. The standard InChI is InChI=1S/C19H13N5O4/c1-8-2-13-16(3-9(8)7-20)28-24-19(13)23-22-17-15(26)6-11-12(18(17)27)4-10(21)5-14(11)25/h2-5,25,27H,6,21H2,1H3. The molecule has 4 N–H and O–H groups in total. The van der Waals surface area contributed by atoms with Gasteiger partial charge in [0.05, 0.1) is 17.0 Å². The molecule has 1 aliphatic rings. The molecule has 0 saturated carbocycles. The molecule has 138 valence electrons. The molecular weight excluding hydrogens is 362 g/mol. The van der Waals surface area contributed by atoms with E-state index in [2.05, 4.69) is 21.5 Å². The lowest BCUT2D eigenvalue weighted by Crippen LogP contribution is -2.15. The van der Waals surface area contributed by atoms with E-state index in [1.54, 1.807) is 19.1 Å². The number of nitrogens with zero attached hydrogens (tertiary/aromatic N) is 4. The van der Waals surface area contributed by atoms with Crippen LogP contribution in [-0.2, 0) is 11.2 Å². The highest BCUT2D eigenvalue weighted by atomic mass is 16.5. The van der Waals surface area contributed by atoms with Crippen molar-refractivity contribution in [3.8, 4) is 11.8 Å². The van der Waals surface area contributed by atoms with Gasteiger partial charge in [0.25, 0.3) is 0 Å². The number of nitrogen functional groups attached to an aromatic ring is 1. The molecule has 9 heteroatoms. The monoisotopic (exact) mass is 375 g/mol. The molecule has 0 saturated heterocycles. The van der Waals surface area contributed by atoms with E-state index in [4.69, 9.17) is 15.5 Å². The molecule has 0 bridgehead atoms. The highest BCUT2D eigenvalue weighted by Gasteiger charge is 2.28. The number of anilines is 1. The summed E-state index contributed by atoms with van der Waals surface area (Å²) in [7, 11) is 0. The Morgan fingerprint density at radius 2 is 2.04 bits per heavy atom. The van der Waals surface area contributed by atoms with E-state index in [0.717, 1.165) is 0 Å². The van der Waals surface area contributed by atoms with E-state index < -0.39 is 11.5 Å². The fourth-order valence-electron chi connectivity index (χ4n) is 3.05. The number of ketones is 1. The number of Topliss-reactive ketones (excluding diaryl/α,β-unsaturated/α-hetero) is 1. The maximum Gasteiger partial charge on any atom is 0.224 e. The van der Waals surface area contributed by atoms with Crippen LogP contribution in [0.4, 0.5) is 11.5 Å². The van der Waals surface area contributed by atoms with Crippen LogP contribution in [0.5, 0.6) is 5.75 Å². The summed E-state index contributed by atoms with van der Waals surface area (Å²) in [6.07, 6.45) is -0.149. The molecular formula is C19H13N5O4. The summed E-state index contributed by atoms with van der Waals surface area (Å²) >= 11 is 0. The SMILES string of the molecule is Cc1cc2c(N=NC3=C(O)c4cc(N)cc(O)c4CC3=O)noc2cc1C#N. The van der Waals surface area contributed by atoms with Crippen LogP contribution in [0.3, 0.4) is 0 Å². The molecule has 0 amide bonds. The third-order valence-corrected chi connectivity index (χ3v) is 4.49. The van der Waals surface area contributed by atoms with Crippen molar-refractivity contribution in [3.63, 3.8) is 0 Å². The number of fused-ring (bicyclic) bond motifs is 2. The summed E-state index contributed by atoms with van der Waals surface area (Å²) < 4.78 is 5.16. The fraction of sp³-hybridized carbons (Fsp3) is 0.105. The zero-order valence-corrected chi connectivity index (χ0v) is 14.6. The highest BCUT2D eigenvalue weighted by Crippen LogP contribution is 2.36. The number of aliphatic hydroxyl groups is 1. The zero-order chi connectivity index (χ0) is 20.0. The number of carbonyl (C=O) groups is 1. The number of carbonyl (C=O) groups excluding carboxylic acids is 1. The van der Waals surface area contributed by atoms with Gasteiger partial charge >= 0.3 is 0 Å². The molecule has 0 aliphatic heterocycles. The number of hydrogen-bond acceptors (Lipinski definition) is 9. The summed E-state index contributed by atoms with van der Waals surface area (Å²) in [4.78, 5) is 12.4. The maximum absolute atomic E-state index is 12.4. The molecule has 1 aromatic heterocycles. The van der Waals surface area contributed by atoms with Crippen molar-refractivity contribution >= 4 is 34.0 Å². The average molecular weight is 375 g/mol. The number of allylic oxidation sites excluding steroid dienone is 1. The number of rotatable bonds is 2. The number of nitrogens with two attached hydrogens (primary N) is 1. The van der Waals surface area contributed by atoms with Gasteiger partial charge in [-0.3, -0.25) is 4.79 Å². The van der Waals surface area contributed by atoms with Crippen LogP contribution >= 0.6 is 0 Å². The number of hydrogen-bond donors (Lipinski definition) is 3. The summed E-state index contributed by atoms with van der Waals surface area (Å²) in [5.74, 6) is -0.994. The second-order valence-electron chi connectivity index (χ2n) is 6.34. The molecule has 0 atom stereocenters. The topological polar surface area (TPSA) is 158 Å². The van der Waals surface area contributed by atoms with Crippen LogP contribution in [0.25, 0.3) is 16.7 Å². The second-order valence-corrected chi connectivity index (χ2v) is 6.34. The van der Waals surface area contributed by atoms with Crippen molar-refractivity contribution in [2.24, 2.45) is 10.2 Å². The van der Waals surface area contributed by atoms with Crippen molar-refractivity contribution in [3.05, 3.63) is 52.2 Å². The Morgan fingerprint density at radius 3 is 2.79 bits per heavy atom. The van der Waals surface area contributed by atoms with Crippen LogP contribution in [0.1, 0.15) is 22.3 Å². The Morgan fingerprint density at radius 1 is 1.25 bits per heavy atom. The zero-order valence-electron chi connectivity index (χ0n) is 14.6. The Hall–Kier alpha value is -4.19. The van der Waals surface area contributed by atoms with Crippen LogP contribution in [0.2, 0.25) is 0 Å². The number of aromatic hydroxyl groups is 1. The molecule has 1 aliphatic carbocycles. The third kappa shape index (κ3) is 2.64. The normalized spacial score (nSPS) is 13.9. The first-order valence-corrected chi connectivity index (χ1v) is 8.19. The van der Waals surface area contributed by atoms with Gasteiger partial charge in [0.15, 0.2) is 22.8 Å². The Balaban J connectivity index is 1.79. The van der Waals surface area contributed by atoms with E-state index in [1.807, 2.05) is 0 Å². The fourth-order valence-corrected chi connectivity index (χ4v) is 3.05. The van der Waals surface area contributed by atoms with E-state index in [1.165, 1.54) is 12.1 Å². The lowest BCUT2D eigenvalue weighted by atomic mass is 9.92. The van der Waals surface area contributed by atoms with Gasteiger partial charge in [-0.25, -0.2) is 0 Å². The van der Waals surface area contributed by atoms with Gasteiger partial charge in [-0.1, -0.05) is 5.16 Å². The average Bonchev–Trinajstić information content (AvgIpc) is 3.04. The Bertz CT molecular complexity index is 1260. The lowest BCUT2D eigenvalue weighted by Gasteiger charge is -2.17. The van der Waals surface area contributed by atoms with Crippen LogP contribution in [-0.4, -0.2) is 21.2 Å². The van der Waals surface area contributed by atoms with Crippen LogP contribution in [0, 0.1) is 18.3 Å². The molecule has 28 heavy (non-hydrogen) atoms. The number of azo groups is 1. The van der Waals surface area contributed by atoms with Gasteiger partial charge in [-0.2, -0.15) is 5.26 Å². The summed E-state index contributed by atoms with van der Waals surface area (Å²) in [6.45, 7) is 1.76. The van der Waals surface area contributed by atoms with Crippen molar-refractivity contribution in [2.75, 3.05) is 5.73 Å². The van der Waals surface area contributed by atoms with E-state index in [9.17, 15) is 15.0 Å². The van der Waals surface area contributed by atoms with Crippen molar-refractivity contribution in [1.82, 2.24) is 5.16 Å². The number of aliphatic hydroxyl groups excluding tert-OH is 1. The van der Waals surface area contributed by atoms with Gasteiger partial charge in [-0.15, -0.1) is 10.2 Å². The highest BCUT2D eigenvalue weighted by molar-refractivity contribution is 6.06. The number of aryl methyl sites for hydroxylation is 1. The second kappa shape index (κ2) is 6.21. The van der Waals surface area contributed by atoms with Gasteiger partial charge in [0, 0.05) is 35.4 Å². The van der Waals surface area contributed by atoms with Gasteiger partial charge < -0.3 is 20.5 Å². The Kier molecular flexibility index (Phi) is 3.82. The number of benzene rings is 2. The number of phenols is 1. The predicted molar refractivity (Wildman–Crippen MR) is 98.8 cm³/mol. The maximum atomic E-state index is 12.4. The Labute approximate surface area is 158 Å². The number of nitriles is 1. The van der Waals surface area contributed by atoms with Crippen LogP contribution < -0.4 is 5.73 Å². The molecule has 4 rings (SSSR count). The van der Waals surface area contributed by atoms with E-state index >= 15 is 0 Å². The smallest absolute Gasteiger partial charge is 0.224 e. The summed E-state index contributed by atoms with van der Waals surface area (Å²) in [5, 5.41) is 41.6. The third-order valence-electron chi connectivity index (χ3n) is 4.49. The molecule has 0 fully saturated rings. The quantitative estimate of drug-likeness (QED) is 0.457. The van der Waals surface area contributed by atoms with E-state index in [0.29, 0.717) is 22.1 Å². The van der Waals surface area contributed by atoms with Crippen molar-refractivity contribution < 1.29 is 19.5 Å². The van der Waals surface area contributed by atoms with Gasteiger partial charge in [-0.05, 0) is 24.6 Å². The first-order chi connectivity index (χ1) is 13.4. The van der Waals surface area contributed by atoms with Gasteiger partial charge in [0.2, 0.25) is 5.82 Å². The molecule has 9 nitrogen and oxygen atoms in total. The lowest BCUT2D eigenvalue weighted by molar-refractivity contribution is -0.115. The molecule has 0 spiro atoms. The van der Waals surface area contributed by atoms with Crippen molar-refractivity contribution in [2.45, 2.75) is 13.3 Å². The largest absolute Gasteiger partial charge is 0.508 e. The molecule has 0 unspecified atom stereocenters. The van der Waals surface area contributed by atoms with Crippen LogP contribution in [0.15, 0.2) is 44.7 Å². The first-order valence-electron chi connectivity index (χ1n) is 8.19. The first kappa shape index (κ1) is 17.2. The molecule has 2 aromatic carbocycles. The van der Waals surface area contributed by atoms with Gasteiger partial charge in [0.1, 0.15) is 5.75 Å². The minimum absolute atomic E-state index is 0.108. The molecule has 0 radical (unpaired) electrons. The predicted octanol–water partition coefficient (Wildman–Crippen LogP) is 3.43. The number of phenolic OH excluding ortho intramolecular Hbond substituents is 1.